The molecule has 6 heteroatoms. The lowest BCUT2D eigenvalue weighted by molar-refractivity contribution is -0.121. The van der Waals surface area contributed by atoms with Gasteiger partial charge in [-0.1, -0.05) is 6.92 Å². The summed E-state index contributed by atoms with van der Waals surface area (Å²) in [6, 6.07) is 2.34. The van der Waals surface area contributed by atoms with Gasteiger partial charge >= 0.3 is 5.97 Å². The molecular weight excluding hydrogens is 224 g/mol. The minimum absolute atomic E-state index is 0.153. The van der Waals surface area contributed by atoms with Gasteiger partial charge in [-0.05, 0) is 19.4 Å². The average molecular weight is 240 g/mol. The molecule has 0 radical (unpaired) electrons. The van der Waals surface area contributed by atoms with Crippen molar-refractivity contribution < 1.29 is 19.1 Å². The third-order valence-electron chi connectivity index (χ3n) is 2.12. The lowest BCUT2D eigenvalue weighted by atomic mass is 10.3. The highest BCUT2D eigenvalue weighted by Gasteiger charge is 2.15. The van der Waals surface area contributed by atoms with Crippen LogP contribution >= 0.6 is 0 Å². The molecule has 94 valence electrons. The summed E-state index contributed by atoms with van der Waals surface area (Å²) >= 11 is 0. The second-order valence-corrected chi connectivity index (χ2v) is 3.63. The summed E-state index contributed by atoms with van der Waals surface area (Å²) in [6.07, 6.45) is 0.863. The molecule has 0 fully saturated rings. The SMILES string of the molecule is CCCNC(=O)C(C)Nc1ccc(C(=O)O)o1. The van der Waals surface area contributed by atoms with E-state index >= 15 is 0 Å². The van der Waals surface area contributed by atoms with E-state index in [0.717, 1.165) is 6.42 Å². The second kappa shape index (κ2) is 5.93. The van der Waals surface area contributed by atoms with E-state index < -0.39 is 12.0 Å². The quantitative estimate of drug-likeness (QED) is 0.697. The molecule has 0 aliphatic carbocycles. The van der Waals surface area contributed by atoms with Crippen LogP contribution in [-0.2, 0) is 4.79 Å². The number of aromatic carboxylic acids is 1. The number of carbonyl (C=O) groups is 2. The average Bonchev–Trinajstić information content (AvgIpc) is 2.74. The zero-order valence-corrected chi connectivity index (χ0v) is 9.82. The molecule has 17 heavy (non-hydrogen) atoms. The summed E-state index contributed by atoms with van der Waals surface area (Å²) in [5.74, 6) is -1.18. The Bertz CT molecular complexity index is 400. The van der Waals surface area contributed by atoms with Crippen LogP contribution in [0.3, 0.4) is 0 Å². The molecule has 1 atom stereocenters. The summed E-state index contributed by atoms with van der Waals surface area (Å²) in [5.41, 5.74) is 0. The molecule has 0 bridgehead atoms. The lowest BCUT2D eigenvalue weighted by Crippen LogP contribution is -2.37. The van der Waals surface area contributed by atoms with Gasteiger partial charge in [0, 0.05) is 12.6 Å². The molecule has 0 aromatic carbocycles. The Morgan fingerprint density at radius 2 is 2.18 bits per heavy atom. The Balaban J connectivity index is 2.52. The molecule has 3 N–H and O–H groups in total. The highest BCUT2D eigenvalue weighted by molar-refractivity contribution is 5.86. The van der Waals surface area contributed by atoms with Crippen LogP contribution in [0.5, 0.6) is 0 Å². The smallest absolute Gasteiger partial charge is 0.371 e. The Morgan fingerprint density at radius 1 is 1.47 bits per heavy atom. The first-order chi connectivity index (χ1) is 8.04. The van der Waals surface area contributed by atoms with Crippen molar-refractivity contribution in [3.05, 3.63) is 17.9 Å². The molecule has 1 aromatic heterocycles. The van der Waals surface area contributed by atoms with Gasteiger partial charge in [-0.2, -0.15) is 0 Å². The normalized spacial score (nSPS) is 11.9. The van der Waals surface area contributed by atoms with Crippen LogP contribution in [0.1, 0.15) is 30.8 Å². The Labute approximate surface area is 99.0 Å². The van der Waals surface area contributed by atoms with E-state index in [1.807, 2.05) is 6.92 Å². The van der Waals surface area contributed by atoms with Crippen LogP contribution in [0.2, 0.25) is 0 Å². The van der Waals surface area contributed by atoms with Crippen LogP contribution in [-0.4, -0.2) is 29.6 Å². The molecule has 0 saturated carbocycles. The number of carbonyl (C=O) groups excluding carboxylic acids is 1. The van der Waals surface area contributed by atoms with Gasteiger partial charge in [0.1, 0.15) is 6.04 Å². The van der Waals surface area contributed by atoms with Crippen LogP contribution in [0.4, 0.5) is 5.88 Å². The first-order valence-electron chi connectivity index (χ1n) is 5.42. The van der Waals surface area contributed by atoms with Crippen molar-refractivity contribution in [3.63, 3.8) is 0 Å². The topological polar surface area (TPSA) is 91.6 Å². The second-order valence-electron chi connectivity index (χ2n) is 3.63. The monoisotopic (exact) mass is 240 g/mol. The fourth-order valence-electron chi connectivity index (χ4n) is 1.21. The fourth-order valence-corrected chi connectivity index (χ4v) is 1.21. The highest BCUT2D eigenvalue weighted by Crippen LogP contribution is 2.14. The summed E-state index contributed by atoms with van der Waals surface area (Å²) in [7, 11) is 0. The molecule has 0 aliphatic rings. The summed E-state index contributed by atoms with van der Waals surface area (Å²) < 4.78 is 4.98. The third-order valence-corrected chi connectivity index (χ3v) is 2.12. The number of furan rings is 1. The van der Waals surface area contributed by atoms with Crippen molar-refractivity contribution in [2.45, 2.75) is 26.3 Å². The molecule has 1 aromatic rings. The van der Waals surface area contributed by atoms with Gasteiger partial charge in [-0.25, -0.2) is 4.79 Å². The van der Waals surface area contributed by atoms with Crippen LogP contribution in [0.25, 0.3) is 0 Å². The summed E-state index contributed by atoms with van der Waals surface area (Å²) in [4.78, 5) is 22.1. The van der Waals surface area contributed by atoms with Crippen LogP contribution < -0.4 is 10.6 Å². The first kappa shape index (κ1) is 13.1. The van der Waals surface area contributed by atoms with Crippen molar-refractivity contribution in [1.82, 2.24) is 5.32 Å². The zero-order valence-electron chi connectivity index (χ0n) is 9.82. The predicted octanol–water partition coefficient (Wildman–Crippen LogP) is 1.30. The third kappa shape index (κ3) is 3.82. The summed E-state index contributed by atoms with van der Waals surface area (Å²) in [5, 5.41) is 14.2. The molecule has 0 spiro atoms. The number of rotatable bonds is 6. The van der Waals surface area contributed by atoms with Gasteiger partial charge in [0.05, 0.1) is 0 Å². The molecule has 0 aliphatic heterocycles. The summed E-state index contributed by atoms with van der Waals surface area (Å²) in [6.45, 7) is 4.25. The molecule has 1 unspecified atom stereocenters. The van der Waals surface area contributed by atoms with Gasteiger partial charge < -0.3 is 20.2 Å². The largest absolute Gasteiger partial charge is 0.475 e. The van der Waals surface area contributed by atoms with Gasteiger partial charge in [0.2, 0.25) is 11.7 Å². The minimum atomic E-state index is -1.14. The Hall–Kier alpha value is -1.98. The number of anilines is 1. The van der Waals surface area contributed by atoms with Gasteiger partial charge in [0.15, 0.2) is 5.88 Å². The molecule has 1 amide bonds. The number of amides is 1. The van der Waals surface area contributed by atoms with Crippen LogP contribution in [0.15, 0.2) is 16.5 Å². The number of carboxylic acid groups (broad SMARTS) is 1. The maximum atomic E-state index is 11.5. The highest BCUT2D eigenvalue weighted by atomic mass is 16.4. The molecule has 6 nitrogen and oxygen atoms in total. The molecular formula is C11H16N2O4. The van der Waals surface area contributed by atoms with Crippen molar-refractivity contribution in [1.29, 1.82) is 0 Å². The number of hydrogen-bond acceptors (Lipinski definition) is 4. The standard InChI is InChI=1S/C11H16N2O4/c1-3-6-12-10(14)7(2)13-9-5-4-8(17-9)11(15)16/h4-5,7,13H,3,6H2,1-2H3,(H,12,14)(H,15,16). The fraction of sp³-hybridized carbons (Fsp3) is 0.455. The van der Waals surface area contributed by atoms with Crippen molar-refractivity contribution >= 4 is 17.8 Å². The van der Waals surface area contributed by atoms with E-state index in [9.17, 15) is 9.59 Å². The number of nitrogens with one attached hydrogen (secondary N) is 2. The number of hydrogen-bond donors (Lipinski definition) is 3. The first-order valence-corrected chi connectivity index (χ1v) is 5.42. The Kier molecular flexibility index (Phi) is 4.56. The predicted molar refractivity (Wildman–Crippen MR) is 62.1 cm³/mol. The maximum Gasteiger partial charge on any atom is 0.371 e. The minimum Gasteiger partial charge on any atom is -0.475 e. The number of carboxylic acids is 1. The van der Waals surface area contributed by atoms with Gasteiger partial charge in [-0.3, -0.25) is 4.79 Å². The maximum absolute atomic E-state index is 11.5. The lowest BCUT2D eigenvalue weighted by Gasteiger charge is -2.12. The van der Waals surface area contributed by atoms with Crippen molar-refractivity contribution in [2.24, 2.45) is 0 Å². The van der Waals surface area contributed by atoms with E-state index in [4.69, 9.17) is 9.52 Å². The molecule has 0 saturated heterocycles. The Morgan fingerprint density at radius 3 is 2.71 bits per heavy atom. The van der Waals surface area contributed by atoms with E-state index in [1.165, 1.54) is 12.1 Å². The zero-order chi connectivity index (χ0) is 12.8. The van der Waals surface area contributed by atoms with E-state index in [2.05, 4.69) is 10.6 Å². The van der Waals surface area contributed by atoms with Gasteiger partial charge in [-0.15, -0.1) is 0 Å². The van der Waals surface area contributed by atoms with E-state index in [1.54, 1.807) is 6.92 Å². The van der Waals surface area contributed by atoms with E-state index in [0.29, 0.717) is 6.54 Å². The van der Waals surface area contributed by atoms with E-state index in [-0.39, 0.29) is 17.6 Å². The van der Waals surface area contributed by atoms with Gasteiger partial charge in [0.25, 0.3) is 0 Å². The molecule has 1 rings (SSSR count). The van der Waals surface area contributed by atoms with Crippen molar-refractivity contribution in [2.75, 3.05) is 11.9 Å². The van der Waals surface area contributed by atoms with Crippen molar-refractivity contribution in [3.8, 4) is 0 Å². The molecule has 1 heterocycles. The van der Waals surface area contributed by atoms with Crippen LogP contribution in [0, 0.1) is 0 Å².